The number of likely N-dealkylation sites (tertiary alicyclic amines) is 1. The molecule has 0 spiro atoms. The maximum absolute atomic E-state index is 12.5. The van der Waals surface area contributed by atoms with Crippen molar-refractivity contribution >= 4 is 29.2 Å². The molecule has 2 amide bonds. The average molecular weight is 388 g/mol. The van der Waals surface area contributed by atoms with Crippen LogP contribution in [0.15, 0.2) is 29.6 Å². The maximum atomic E-state index is 12.5. The highest BCUT2D eigenvalue weighted by atomic mass is 32.2. The number of carbonyl (C=O) groups is 2. The van der Waals surface area contributed by atoms with E-state index in [4.69, 9.17) is 0 Å². The summed E-state index contributed by atoms with van der Waals surface area (Å²) < 4.78 is 1.89. The molecule has 144 valence electrons. The smallest absolute Gasteiger partial charge is 0.236 e. The van der Waals surface area contributed by atoms with Gasteiger partial charge in [0.05, 0.1) is 12.3 Å². The molecule has 2 fully saturated rings. The normalized spacial score (nSPS) is 18.4. The topological polar surface area (TPSA) is 74.0 Å². The summed E-state index contributed by atoms with van der Waals surface area (Å²) in [5, 5.41) is 8.98. The Kier molecular flexibility index (Phi) is 5.58. The largest absolute Gasteiger partial charge is 0.342 e. The van der Waals surface area contributed by atoms with E-state index in [0.29, 0.717) is 25.4 Å². The minimum Gasteiger partial charge on any atom is -0.342 e. The number of pyridine rings is 1. The molecule has 4 heterocycles. The summed E-state index contributed by atoms with van der Waals surface area (Å²) in [4.78, 5) is 30.8. The lowest BCUT2D eigenvalue weighted by Crippen LogP contribution is -2.51. The van der Waals surface area contributed by atoms with Gasteiger partial charge in [-0.05, 0) is 25.0 Å². The summed E-state index contributed by atoms with van der Waals surface area (Å²) in [6.45, 7) is 5.12. The number of hydrogen-bond acceptors (Lipinski definition) is 6. The number of thioether (sulfide) groups is 1. The molecule has 2 saturated heterocycles. The zero-order valence-electron chi connectivity index (χ0n) is 15.3. The fraction of sp³-hybridized carbons (Fsp3) is 0.556. The third kappa shape index (κ3) is 4.24. The van der Waals surface area contributed by atoms with Crippen LogP contribution in [0.2, 0.25) is 0 Å². The van der Waals surface area contributed by atoms with Crippen LogP contribution in [-0.2, 0) is 9.59 Å². The fourth-order valence-corrected chi connectivity index (χ4v) is 4.38. The Morgan fingerprint density at radius 3 is 2.44 bits per heavy atom. The molecule has 8 nitrogen and oxygen atoms in total. The molecule has 0 N–H and O–H groups in total. The van der Waals surface area contributed by atoms with Crippen molar-refractivity contribution in [2.75, 3.05) is 51.6 Å². The van der Waals surface area contributed by atoms with Crippen LogP contribution < -0.4 is 0 Å². The molecule has 27 heavy (non-hydrogen) atoms. The Labute approximate surface area is 162 Å². The van der Waals surface area contributed by atoms with Crippen LogP contribution in [0, 0.1) is 0 Å². The number of piperazine rings is 1. The average Bonchev–Trinajstić information content (AvgIpc) is 3.37. The number of rotatable bonds is 5. The van der Waals surface area contributed by atoms with Crippen molar-refractivity contribution in [3.8, 4) is 0 Å². The second-order valence-corrected chi connectivity index (χ2v) is 7.89. The molecule has 0 unspecified atom stereocenters. The van der Waals surface area contributed by atoms with E-state index >= 15 is 0 Å². The summed E-state index contributed by atoms with van der Waals surface area (Å²) in [5.74, 6) is 0.683. The summed E-state index contributed by atoms with van der Waals surface area (Å²) in [5.41, 5.74) is 0.781. The number of carbonyl (C=O) groups excluding carboxylic acids is 2. The molecule has 0 aliphatic carbocycles. The lowest BCUT2D eigenvalue weighted by atomic mass is 10.3. The zero-order valence-corrected chi connectivity index (χ0v) is 16.1. The Bertz CT molecular complexity index is 811. The first-order chi connectivity index (χ1) is 13.2. The van der Waals surface area contributed by atoms with Gasteiger partial charge in [-0.3, -0.25) is 18.9 Å². The van der Waals surface area contributed by atoms with E-state index in [2.05, 4.69) is 15.1 Å². The molecule has 0 radical (unpaired) electrons. The van der Waals surface area contributed by atoms with Gasteiger partial charge in [0.2, 0.25) is 11.8 Å². The molecule has 9 heteroatoms. The first kappa shape index (κ1) is 18.2. The van der Waals surface area contributed by atoms with Gasteiger partial charge in [-0.1, -0.05) is 17.8 Å². The van der Waals surface area contributed by atoms with Crippen LogP contribution in [-0.4, -0.2) is 92.7 Å². The lowest BCUT2D eigenvalue weighted by molar-refractivity contribution is -0.133. The van der Waals surface area contributed by atoms with Gasteiger partial charge in [0.15, 0.2) is 10.8 Å². The highest BCUT2D eigenvalue weighted by Gasteiger charge is 2.25. The van der Waals surface area contributed by atoms with Crippen LogP contribution in [0.1, 0.15) is 12.8 Å². The second kappa shape index (κ2) is 8.26. The van der Waals surface area contributed by atoms with Gasteiger partial charge in [0, 0.05) is 45.5 Å². The highest BCUT2D eigenvalue weighted by molar-refractivity contribution is 7.99. The molecular formula is C18H24N6O2S. The quantitative estimate of drug-likeness (QED) is 0.698. The fourth-order valence-electron chi connectivity index (χ4n) is 3.55. The van der Waals surface area contributed by atoms with Crippen LogP contribution in [0.4, 0.5) is 0 Å². The van der Waals surface area contributed by atoms with Gasteiger partial charge in [0.1, 0.15) is 0 Å². The van der Waals surface area contributed by atoms with Gasteiger partial charge in [-0.15, -0.1) is 10.2 Å². The number of hydrogen-bond donors (Lipinski definition) is 0. The predicted octanol–water partition coefficient (Wildman–Crippen LogP) is 0.588. The molecule has 0 atom stereocenters. The van der Waals surface area contributed by atoms with Gasteiger partial charge in [0.25, 0.3) is 0 Å². The Balaban J connectivity index is 1.23. The first-order valence-electron chi connectivity index (χ1n) is 9.41. The maximum Gasteiger partial charge on any atom is 0.236 e. The van der Waals surface area contributed by atoms with E-state index in [0.717, 1.165) is 49.8 Å². The Morgan fingerprint density at radius 2 is 1.67 bits per heavy atom. The second-order valence-electron chi connectivity index (χ2n) is 6.94. The monoisotopic (exact) mass is 388 g/mol. The molecular weight excluding hydrogens is 364 g/mol. The van der Waals surface area contributed by atoms with E-state index in [9.17, 15) is 9.59 Å². The first-order valence-corrected chi connectivity index (χ1v) is 10.4. The highest BCUT2D eigenvalue weighted by Crippen LogP contribution is 2.17. The Hall–Kier alpha value is -2.13. The molecule has 0 aromatic carbocycles. The zero-order chi connectivity index (χ0) is 18.6. The van der Waals surface area contributed by atoms with Crippen molar-refractivity contribution in [1.29, 1.82) is 0 Å². The summed E-state index contributed by atoms with van der Waals surface area (Å²) in [7, 11) is 0. The van der Waals surface area contributed by atoms with Crippen molar-refractivity contribution < 1.29 is 9.59 Å². The van der Waals surface area contributed by atoms with Crippen molar-refractivity contribution in [2.24, 2.45) is 0 Å². The third-order valence-electron chi connectivity index (χ3n) is 5.15. The van der Waals surface area contributed by atoms with Gasteiger partial charge >= 0.3 is 0 Å². The van der Waals surface area contributed by atoms with Gasteiger partial charge in [-0.25, -0.2) is 0 Å². The molecule has 2 aromatic rings. The minimum absolute atomic E-state index is 0.109. The standard InChI is InChI=1S/C18H24N6O2S/c25-16(22-6-3-4-7-22)13-21-9-11-23(12-10-21)17(26)14-27-18-20-19-15-5-1-2-8-24(15)18/h1-2,5,8H,3-4,6-7,9-14H2. The van der Waals surface area contributed by atoms with Crippen LogP contribution in [0.25, 0.3) is 5.65 Å². The van der Waals surface area contributed by atoms with E-state index in [1.165, 1.54) is 11.8 Å². The van der Waals surface area contributed by atoms with E-state index in [1.54, 1.807) is 0 Å². The Morgan fingerprint density at radius 1 is 0.926 bits per heavy atom. The number of aromatic nitrogens is 3. The molecule has 4 rings (SSSR count). The van der Waals surface area contributed by atoms with Crippen molar-refractivity contribution in [2.45, 2.75) is 18.0 Å². The van der Waals surface area contributed by atoms with E-state index < -0.39 is 0 Å². The van der Waals surface area contributed by atoms with Crippen LogP contribution in [0.5, 0.6) is 0 Å². The lowest BCUT2D eigenvalue weighted by Gasteiger charge is -2.35. The van der Waals surface area contributed by atoms with Crippen molar-refractivity contribution in [1.82, 2.24) is 29.3 Å². The molecule has 0 bridgehead atoms. The third-order valence-corrected chi connectivity index (χ3v) is 6.08. The summed E-state index contributed by atoms with van der Waals surface area (Å²) in [6, 6.07) is 5.73. The minimum atomic E-state index is 0.109. The van der Waals surface area contributed by atoms with Crippen molar-refractivity contribution in [3.05, 3.63) is 24.4 Å². The van der Waals surface area contributed by atoms with Crippen LogP contribution in [0.3, 0.4) is 0 Å². The summed E-state index contributed by atoms with van der Waals surface area (Å²) >= 11 is 1.41. The SMILES string of the molecule is O=C(CSc1nnc2ccccn12)N1CCN(CC(=O)N2CCCC2)CC1. The number of amides is 2. The molecule has 2 aromatic heterocycles. The number of fused-ring (bicyclic) bond motifs is 1. The molecule has 0 saturated carbocycles. The predicted molar refractivity (Wildman–Crippen MR) is 103 cm³/mol. The summed E-state index contributed by atoms with van der Waals surface area (Å²) in [6.07, 6.45) is 4.14. The van der Waals surface area contributed by atoms with Gasteiger partial charge in [-0.2, -0.15) is 0 Å². The van der Waals surface area contributed by atoms with E-state index in [-0.39, 0.29) is 11.8 Å². The molecule has 2 aliphatic heterocycles. The van der Waals surface area contributed by atoms with Gasteiger partial charge < -0.3 is 9.80 Å². The molecule has 2 aliphatic rings. The van der Waals surface area contributed by atoms with Crippen LogP contribution >= 0.6 is 11.8 Å². The van der Waals surface area contributed by atoms with E-state index in [1.807, 2.05) is 38.6 Å². The number of nitrogens with zero attached hydrogens (tertiary/aromatic N) is 6. The van der Waals surface area contributed by atoms with Crippen molar-refractivity contribution in [3.63, 3.8) is 0 Å².